The first-order valence-electron chi connectivity index (χ1n) is 21.0. The third kappa shape index (κ3) is 6.95. The number of ether oxygens (including phenoxy) is 1. The number of Topliss-reactive ketones (excluding diaryl/α,β-unsaturated/α-hetero) is 1. The molecule has 0 radical (unpaired) electrons. The Kier molecular flexibility index (Phi) is 11.4. The normalized spacial score (nSPS) is 36.2. The molecule has 0 amide bonds. The van der Waals surface area contributed by atoms with Crippen molar-refractivity contribution in [1.82, 2.24) is 4.90 Å². The summed E-state index contributed by atoms with van der Waals surface area (Å²) in [6.07, 6.45) is 6.76. The van der Waals surface area contributed by atoms with Gasteiger partial charge in [-0.05, 0) is 128 Å². The fourth-order valence-corrected chi connectivity index (χ4v) is 13.7. The first kappa shape index (κ1) is 42.3. The van der Waals surface area contributed by atoms with Crippen molar-refractivity contribution in [2.24, 2.45) is 56.2 Å². The van der Waals surface area contributed by atoms with E-state index < -0.39 is 28.9 Å². The second-order valence-electron chi connectivity index (χ2n) is 20.7. The first-order valence-corrected chi connectivity index (χ1v) is 21.4. The Morgan fingerprint density at radius 1 is 0.945 bits per heavy atom. The van der Waals surface area contributed by atoms with Gasteiger partial charge in [0.2, 0.25) is 0 Å². The molecule has 1 aromatic carbocycles. The molecule has 4 saturated carbocycles. The van der Waals surface area contributed by atoms with E-state index in [2.05, 4.69) is 53.4 Å². The third-order valence-electron chi connectivity index (χ3n) is 16.7. The van der Waals surface area contributed by atoms with Gasteiger partial charge in [-0.2, -0.15) is 0 Å². The van der Waals surface area contributed by atoms with Crippen LogP contribution in [0.2, 0.25) is 5.02 Å². The molecule has 5 aliphatic carbocycles. The zero-order valence-corrected chi connectivity index (χ0v) is 35.7. The zero-order chi connectivity index (χ0) is 40.5. The van der Waals surface area contributed by atoms with Crippen LogP contribution in [-0.2, 0) is 25.7 Å². The van der Waals surface area contributed by atoms with Crippen molar-refractivity contribution in [3.63, 3.8) is 0 Å². The van der Waals surface area contributed by atoms with Crippen molar-refractivity contribution in [1.29, 1.82) is 0 Å². The van der Waals surface area contributed by atoms with Crippen LogP contribution in [-0.4, -0.2) is 69.8 Å². The number of ketones is 1. The van der Waals surface area contributed by atoms with E-state index in [1.165, 1.54) is 5.57 Å². The third-order valence-corrected chi connectivity index (χ3v) is 16.9. The fourth-order valence-electron chi connectivity index (χ4n) is 13.6. The summed E-state index contributed by atoms with van der Waals surface area (Å²) < 4.78 is 6.17. The Labute approximate surface area is 334 Å². The summed E-state index contributed by atoms with van der Waals surface area (Å²) in [4.78, 5) is 41.2. The number of halogens is 1. The maximum atomic E-state index is 14.2. The molecule has 55 heavy (non-hydrogen) atoms. The van der Waals surface area contributed by atoms with E-state index >= 15 is 0 Å². The van der Waals surface area contributed by atoms with Gasteiger partial charge in [-0.15, -0.1) is 0 Å². The highest BCUT2D eigenvalue weighted by atomic mass is 35.5. The number of nitrogens with zero attached hydrogens (tertiary/aromatic N) is 1. The summed E-state index contributed by atoms with van der Waals surface area (Å²) in [6.45, 7) is 20.9. The second-order valence-corrected chi connectivity index (χ2v) is 21.1. The van der Waals surface area contributed by atoms with Crippen molar-refractivity contribution in [2.45, 2.75) is 145 Å². The lowest BCUT2D eigenvalue weighted by Gasteiger charge is -2.72. The van der Waals surface area contributed by atoms with Crippen LogP contribution < -0.4 is 0 Å². The number of fused-ring (bicyclic) bond motifs is 7. The van der Waals surface area contributed by atoms with Crippen molar-refractivity contribution >= 4 is 29.3 Å². The monoisotopic (exact) mass is 781 g/mol. The number of aliphatic hydroxyl groups is 2. The lowest BCUT2D eigenvalue weighted by atomic mass is 9.33. The van der Waals surface area contributed by atoms with E-state index in [-0.39, 0.29) is 58.4 Å². The Balaban J connectivity index is 1.28. The molecule has 0 bridgehead atoms. The number of carboxylic acids is 1. The zero-order valence-electron chi connectivity index (χ0n) is 35.0. The molecule has 1 aromatic rings. The minimum absolute atomic E-state index is 0.0155. The molecule has 8 nitrogen and oxygen atoms in total. The maximum Gasteiger partial charge on any atom is 0.309 e. The Hall–Kier alpha value is -2.26. The molecular weight excluding hydrogens is 714 g/mol. The minimum Gasteiger partial charge on any atom is -0.481 e. The predicted octanol–water partition coefficient (Wildman–Crippen LogP) is 8.89. The number of hydrogen-bond donors (Lipinski definition) is 3. The fraction of sp³-hybridized carbons (Fsp3) is 0.761. The van der Waals surface area contributed by atoms with Gasteiger partial charge in [-0.1, -0.05) is 77.8 Å². The average Bonchev–Trinajstić information content (AvgIpc) is 3.40. The van der Waals surface area contributed by atoms with Gasteiger partial charge in [0.25, 0.3) is 0 Å². The largest absolute Gasteiger partial charge is 0.481 e. The molecule has 0 saturated heterocycles. The molecule has 0 aliphatic heterocycles. The van der Waals surface area contributed by atoms with E-state index in [4.69, 9.17) is 16.3 Å². The molecule has 0 heterocycles. The van der Waals surface area contributed by atoms with Crippen LogP contribution in [0.3, 0.4) is 0 Å². The topological polar surface area (TPSA) is 124 Å². The highest BCUT2D eigenvalue weighted by molar-refractivity contribution is 6.30. The van der Waals surface area contributed by atoms with Crippen LogP contribution in [0, 0.1) is 56.2 Å². The molecule has 0 spiro atoms. The number of benzene rings is 1. The van der Waals surface area contributed by atoms with Crippen molar-refractivity contribution < 1.29 is 34.4 Å². The number of carbonyl (C=O) groups is 3. The number of allylic oxidation sites excluding steroid dienone is 1. The van der Waals surface area contributed by atoms with Crippen LogP contribution in [0.25, 0.3) is 0 Å². The molecule has 9 heteroatoms. The Morgan fingerprint density at radius 3 is 2.24 bits per heavy atom. The van der Waals surface area contributed by atoms with Crippen molar-refractivity contribution in [3.8, 4) is 0 Å². The van der Waals surface area contributed by atoms with Crippen LogP contribution in [0.5, 0.6) is 0 Å². The van der Waals surface area contributed by atoms with Gasteiger partial charge >= 0.3 is 11.9 Å². The van der Waals surface area contributed by atoms with E-state index in [9.17, 15) is 29.7 Å². The summed E-state index contributed by atoms with van der Waals surface area (Å²) in [5.41, 5.74) is 1.20. The number of carboxylic acid groups (broad SMARTS) is 1. The molecule has 306 valence electrons. The molecule has 3 N–H and O–H groups in total. The quantitative estimate of drug-likeness (QED) is 0.180. The summed E-state index contributed by atoms with van der Waals surface area (Å²) in [7, 11) is 0. The summed E-state index contributed by atoms with van der Waals surface area (Å²) >= 11 is 6.17. The number of rotatable bonds is 12. The van der Waals surface area contributed by atoms with Gasteiger partial charge in [-0.25, -0.2) is 0 Å². The van der Waals surface area contributed by atoms with Gasteiger partial charge in [0.05, 0.1) is 24.5 Å². The highest BCUT2D eigenvalue weighted by Crippen LogP contribution is 2.77. The number of hydrogen-bond acceptors (Lipinski definition) is 7. The second kappa shape index (κ2) is 14.8. The summed E-state index contributed by atoms with van der Waals surface area (Å²) in [5.74, 6) is -0.158. The minimum atomic E-state index is -1.18. The van der Waals surface area contributed by atoms with Crippen LogP contribution >= 0.6 is 11.6 Å². The number of aliphatic hydroxyl groups excluding tert-OH is 2. The molecule has 0 unspecified atom stereocenters. The summed E-state index contributed by atoms with van der Waals surface area (Å²) in [5, 5.41) is 32.8. The number of carbonyl (C=O) groups excluding carboxylic acids is 2. The van der Waals surface area contributed by atoms with Gasteiger partial charge in [-0.3, -0.25) is 19.3 Å². The molecule has 9 atom stereocenters. The van der Waals surface area contributed by atoms with Gasteiger partial charge in [0.1, 0.15) is 6.10 Å². The highest BCUT2D eigenvalue weighted by Gasteiger charge is 2.71. The SMILES string of the molecule is CC(C)C1=C2[C@H]3CC[C@@H]4[C@@]5(C)CC[C@H](OC(=O)CC(C)(C)C(=O)O)C(C)(C)[C@@H]5CC[C@@]4(C)[C@]3(C)CC[C@@]2([C@H](O)CN(CCO)Cc2ccc(Cl)cc2)CC1=O. The van der Waals surface area contributed by atoms with Crippen LogP contribution in [0.15, 0.2) is 35.4 Å². The number of esters is 1. The first-order chi connectivity index (χ1) is 25.6. The standard InChI is InChI=1S/C46H68ClNO7/c1-28(2)38-32(50)24-46(35(51)27-48(22-23-49)26-29-10-12-30(47)13-11-29)21-20-44(8)31(39(38)46)14-15-34-43(7)18-17-36(55-37(52)25-41(3,4)40(53)54)42(5,6)33(43)16-19-45(34,44)9/h10-13,28,31,33-36,49,51H,14-27H2,1-9H3,(H,53,54)/t31-,33+,34-,35-,36+,43+,44-,45-,46+/m1/s1. The molecular formula is C46H68ClNO7. The molecule has 4 fully saturated rings. The summed E-state index contributed by atoms with van der Waals surface area (Å²) in [6, 6.07) is 7.72. The number of aliphatic carboxylic acids is 1. The molecule has 5 aliphatic rings. The smallest absolute Gasteiger partial charge is 0.309 e. The lowest BCUT2D eigenvalue weighted by Crippen LogP contribution is -2.66. The van der Waals surface area contributed by atoms with Crippen LogP contribution in [0.1, 0.15) is 132 Å². The van der Waals surface area contributed by atoms with Crippen molar-refractivity contribution in [2.75, 3.05) is 19.7 Å². The van der Waals surface area contributed by atoms with Gasteiger partial charge in [0.15, 0.2) is 5.78 Å². The average molecular weight is 783 g/mol. The van der Waals surface area contributed by atoms with Crippen LogP contribution in [0.4, 0.5) is 0 Å². The van der Waals surface area contributed by atoms with Crippen molar-refractivity contribution in [3.05, 3.63) is 46.0 Å². The maximum absolute atomic E-state index is 14.2. The van der Waals surface area contributed by atoms with Gasteiger partial charge in [0, 0.05) is 41.9 Å². The Bertz CT molecular complexity index is 1680. The lowest BCUT2D eigenvalue weighted by molar-refractivity contribution is -0.235. The van der Waals surface area contributed by atoms with Gasteiger partial charge < -0.3 is 20.1 Å². The molecule has 0 aromatic heterocycles. The van der Waals surface area contributed by atoms with E-state index in [0.29, 0.717) is 42.9 Å². The van der Waals surface area contributed by atoms with E-state index in [1.54, 1.807) is 13.8 Å². The Morgan fingerprint density at radius 2 is 1.62 bits per heavy atom. The predicted molar refractivity (Wildman–Crippen MR) is 215 cm³/mol. The van der Waals surface area contributed by atoms with E-state index in [0.717, 1.165) is 62.5 Å². The van der Waals surface area contributed by atoms with E-state index in [1.807, 2.05) is 24.3 Å². The molecule has 6 rings (SSSR count).